The van der Waals surface area contributed by atoms with E-state index < -0.39 is 0 Å². The number of nitrogens with zero attached hydrogens (tertiary/aromatic N) is 2. The molecule has 1 aromatic carbocycles. The second kappa shape index (κ2) is 4.97. The topological polar surface area (TPSA) is 53.1 Å². The van der Waals surface area contributed by atoms with E-state index in [-0.39, 0.29) is 0 Å². The number of para-hydroxylation sites is 1. The van der Waals surface area contributed by atoms with Crippen molar-refractivity contribution in [2.24, 2.45) is 5.73 Å². The molecule has 5 heteroatoms. The summed E-state index contributed by atoms with van der Waals surface area (Å²) >= 11 is 4.97. The Kier molecular flexibility index (Phi) is 3.39. The van der Waals surface area contributed by atoms with Crippen molar-refractivity contribution in [3.63, 3.8) is 0 Å². The van der Waals surface area contributed by atoms with Crippen molar-refractivity contribution in [3.8, 4) is 11.5 Å². The van der Waals surface area contributed by atoms with E-state index in [4.69, 9.17) is 22.7 Å². The van der Waals surface area contributed by atoms with Crippen LogP contribution in [0.3, 0.4) is 0 Å². The summed E-state index contributed by atoms with van der Waals surface area (Å²) in [7, 11) is 0. The van der Waals surface area contributed by atoms with Crippen LogP contribution in [-0.2, 0) is 6.54 Å². The van der Waals surface area contributed by atoms with Gasteiger partial charge >= 0.3 is 0 Å². The second-order valence-electron chi connectivity index (χ2n) is 3.49. The predicted octanol–water partition coefficient (Wildman–Crippen LogP) is 2.33. The fourth-order valence-corrected chi connectivity index (χ4v) is 1.63. The quantitative estimate of drug-likeness (QED) is 0.842. The minimum absolute atomic E-state index is 0.323. The summed E-state index contributed by atoms with van der Waals surface area (Å²) in [6.45, 7) is 2.82. The average Bonchev–Trinajstić information content (AvgIpc) is 2.77. The van der Waals surface area contributed by atoms with Gasteiger partial charge in [0.15, 0.2) is 5.75 Å². The standard InChI is InChI=1S/C12H13N3OS/c1-2-15-8-9(7-14-15)16-11-6-4-3-5-10(11)12(13)17/h3-8H,2H2,1H3,(H2,13,17). The van der Waals surface area contributed by atoms with E-state index in [1.165, 1.54) is 0 Å². The molecule has 17 heavy (non-hydrogen) atoms. The Labute approximate surface area is 105 Å². The second-order valence-corrected chi connectivity index (χ2v) is 3.93. The van der Waals surface area contributed by atoms with Gasteiger partial charge in [-0.25, -0.2) is 0 Å². The normalized spacial score (nSPS) is 10.2. The van der Waals surface area contributed by atoms with Crippen molar-refractivity contribution in [1.29, 1.82) is 0 Å². The Morgan fingerprint density at radius 3 is 2.88 bits per heavy atom. The summed E-state index contributed by atoms with van der Waals surface area (Å²) in [6.07, 6.45) is 3.50. The van der Waals surface area contributed by atoms with Crippen LogP contribution in [0.25, 0.3) is 0 Å². The molecule has 0 saturated heterocycles. The Morgan fingerprint density at radius 1 is 1.47 bits per heavy atom. The number of rotatable bonds is 4. The van der Waals surface area contributed by atoms with Gasteiger partial charge in [0, 0.05) is 6.54 Å². The third kappa shape index (κ3) is 2.62. The minimum Gasteiger partial charge on any atom is -0.453 e. The van der Waals surface area contributed by atoms with Crippen LogP contribution < -0.4 is 10.5 Å². The van der Waals surface area contributed by atoms with E-state index in [0.717, 1.165) is 12.1 Å². The van der Waals surface area contributed by atoms with Crippen LogP contribution in [0.4, 0.5) is 0 Å². The maximum absolute atomic E-state index is 5.70. The molecule has 2 rings (SSSR count). The lowest BCUT2D eigenvalue weighted by atomic mass is 10.2. The van der Waals surface area contributed by atoms with Gasteiger partial charge < -0.3 is 10.5 Å². The van der Waals surface area contributed by atoms with Crippen molar-refractivity contribution in [2.75, 3.05) is 0 Å². The largest absolute Gasteiger partial charge is 0.453 e. The van der Waals surface area contributed by atoms with Gasteiger partial charge in [-0.15, -0.1) is 0 Å². The van der Waals surface area contributed by atoms with Crippen LogP contribution in [0.2, 0.25) is 0 Å². The number of hydrogen-bond acceptors (Lipinski definition) is 3. The van der Waals surface area contributed by atoms with Crippen LogP contribution in [-0.4, -0.2) is 14.8 Å². The van der Waals surface area contributed by atoms with Crippen LogP contribution in [0, 0.1) is 0 Å². The zero-order chi connectivity index (χ0) is 12.3. The molecule has 0 saturated carbocycles. The number of ether oxygens (including phenoxy) is 1. The molecule has 0 radical (unpaired) electrons. The van der Waals surface area contributed by atoms with E-state index in [0.29, 0.717) is 16.5 Å². The first-order valence-corrected chi connectivity index (χ1v) is 5.70. The van der Waals surface area contributed by atoms with Crippen molar-refractivity contribution in [2.45, 2.75) is 13.5 Å². The fourth-order valence-electron chi connectivity index (χ4n) is 1.46. The summed E-state index contributed by atoms with van der Waals surface area (Å²) in [4.78, 5) is 0.323. The highest BCUT2D eigenvalue weighted by Gasteiger charge is 2.07. The molecule has 0 atom stereocenters. The molecular weight excluding hydrogens is 234 g/mol. The van der Waals surface area contributed by atoms with Crippen LogP contribution >= 0.6 is 12.2 Å². The molecule has 0 aliphatic carbocycles. The molecule has 0 bridgehead atoms. The molecule has 0 fully saturated rings. The molecular formula is C12H13N3OS. The van der Waals surface area contributed by atoms with Crippen molar-refractivity contribution >= 4 is 17.2 Å². The molecule has 1 heterocycles. The maximum Gasteiger partial charge on any atom is 0.165 e. The highest BCUT2D eigenvalue weighted by molar-refractivity contribution is 7.80. The molecule has 0 unspecified atom stereocenters. The fraction of sp³-hybridized carbons (Fsp3) is 0.167. The molecule has 4 nitrogen and oxygen atoms in total. The first-order valence-electron chi connectivity index (χ1n) is 5.30. The van der Waals surface area contributed by atoms with Gasteiger partial charge in [-0.2, -0.15) is 5.10 Å². The van der Waals surface area contributed by atoms with Crippen LogP contribution in [0.1, 0.15) is 12.5 Å². The summed E-state index contributed by atoms with van der Waals surface area (Å²) in [5, 5.41) is 4.13. The highest BCUT2D eigenvalue weighted by atomic mass is 32.1. The molecule has 2 N–H and O–H groups in total. The molecule has 1 aromatic heterocycles. The zero-order valence-corrected chi connectivity index (χ0v) is 10.3. The van der Waals surface area contributed by atoms with E-state index in [9.17, 15) is 0 Å². The average molecular weight is 247 g/mol. The van der Waals surface area contributed by atoms with E-state index in [1.807, 2.05) is 37.4 Å². The van der Waals surface area contributed by atoms with Crippen molar-refractivity contribution in [1.82, 2.24) is 9.78 Å². The number of aryl methyl sites for hydroxylation is 1. The number of benzene rings is 1. The Balaban J connectivity index is 2.26. The third-order valence-corrected chi connectivity index (χ3v) is 2.53. The molecule has 0 aliphatic heterocycles. The van der Waals surface area contributed by atoms with Gasteiger partial charge in [-0.3, -0.25) is 4.68 Å². The SMILES string of the molecule is CCn1cc(Oc2ccccc2C(N)=S)cn1. The maximum atomic E-state index is 5.70. The lowest BCUT2D eigenvalue weighted by Gasteiger charge is -2.07. The number of aromatic nitrogens is 2. The number of thiocarbonyl (C=S) groups is 1. The highest BCUT2D eigenvalue weighted by Crippen LogP contribution is 2.24. The summed E-state index contributed by atoms with van der Waals surface area (Å²) < 4.78 is 7.49. The Morgan fingerprint density at radius 2 is 2.24 bits per heavy atom. The first kappa shape index (κ1) is 11.6. The lowest BCUT2D eigenvalue weighted by molar-refractivity contribution is 0.480. The Bertz CT molecular complexity index is 536. The minimum atomic E-state index is 0.323. The summed E-state index contributed by atoms with van der Waals surface area (Å²) in [5.41, 5.74) is 6.36. The van der Waals surface area contributed by atoms with Crippen molar-refractivity contribution < 1.29 is 4.74 Å². The van der Waals surface area contributed by atoms with E-state index in [1.54, 1.807) is 10.9 Å². The molecule has 0 amide bonds. The monoisotopic (exact) mass is 247 g/mol. The van der Waals surface area contributed by atoms with Gasteiger partial charge in [0.2, 0.25) is 0 Å². The first-order chi connectivity index (χ1) is 8.20. The molecule has 0 spiro atoms. The molecule has 0 aliphatic rings. The van der Waals surface area contributed by atoms with E-state index in [2.05, 4.69) is 5.10 Å². The smallest absolute Gasteiger partial charge is 0.165 e. The third-order valence-electron chi connectivity index (χ3n) is 2.31. The lowest BCUT2D eigenvalue weighted by Crippen LogP contribution is -2.10. The number of nitrogens with two attached hydrogens (primary N) is 1. The van der Waals surface area contributed by atoms with Crippen LogP contribution in [0.5, 0.6) is 11.5 Å². The Hall–Kier alpha value is -1.88. The number of hydrogen-bond donors (Lipinski definition) is 1. The van der Waals surface area contributed by atoms with Gasteiger partial charge in [-0.05, 0) is 19.1 Å². The van der Waals surface area contributed by atoms with E-state index >= 15 is 0 Å². The van der Waals surface area contributed by atoms with Gasteiger partial charge in [-0.1, -0.05) is 24.4 Å². The van der Waals surface area contributed by atoms with Crippen LogP contribution in [0.15, 0.2) is 36.7 Å². The van der Waals surface area contributed by atoms with Gasteiger partial charge in [0.25, 0.3) is 0 Å². The summed E-state index contributed by atoms with van der Waals surface area (Å²) in [6, 6.07) is 7.41. The summed E-state index contributed by atoms with van der Waals surface area (Å²) in [5.74, 6) is 1.33. The zero-order valence-electron chi connectivity index (χ0n) is 9.46. The van der Waals surface area contributed by atoms with Gasteiger partial charge in [0.05, 0.1) is 18.0 Å². The predicted molar refractivity (Wildman–Crippen MR) is 70.3 cm³/mol. The van der Waals surface area contributed by atoms with Gasteiger partial charge in [0.1, 0.15) is 10.7 Å². The van der Waals surface area contributed by atoms with Crippen molar-refractivity contribution in [3.05, 3.63) is 42.2 Å². The molecule has 2 aromatic rings. The molecule has 88 valence electrons.